The lowest BCUT2D eigenvalue weighted by atomic mass is 9.89. The molecule has 0 radical (unpaired) electrons. The van der Waals surface area contributed by atoms with Gasteiger partial charge >= 0.3 is 12.5 Å². The first-order valence-electron chi connectivity index (χ1n) is 7.98. The van der Waals surface area contributed by atoms with Crippen molar-refractivity contribution in [2.75, 3.05) is 13.1 Å². The molecule has 1 aliphatic heterocycles. The SMILES string of the molecule is CC(C)(C)OC(=O)N1CCC(c2ccc(Cl)c(OC(F)(F)F)c2)CC1. The molecule has 0 bridgehead atoms. The smallest absolute Gasteiger partial charge is 0.444 e. The number of hydrogen-bond donors (Lipinski definition) is 0. The van der Waals surface area contributed by atoms with Gasteiger partial charge in [-0.3, -0.25) is 0 Å². The predicted octanol–water partition coefficient (Wildman–Crippen LogP) is 5.35. The van der Waals surface area contributed by atoms with Crippen molar-refractivity contribution < 1.29 is 27.4 Å². The van der Waals surface area contributed by atoms with Crippen molar-refractivity contribution in [3.05, 3.63) is 28.8 Å². The summed E-state index contributed by atoms with van der Waals surface area (Å²) in [6.45, 7) is 6.37. The number of carbonyl (C=O) groups excluding carboxylic acids is 1. The molecule has 1 heterocycles. The predicted molar refractivity (Wildman–Crippen MR) is 87.9 cm³/mol. The van der Waals surface area contributed by atoms with E-state index < -0.39 is 17.7 Å². The fourth-order valence-electron chi connectivity index (χ4n) is 2.70. The van der Waals surface area contributed by atoms with E-state index in [0.29, 0.717) is 31.5 Å². The number of alkyl halides is 3. The maximum Gasteiger partial charge on any atom is 0.573 e. The first-order chi connectivity index (χ1) is 11.4. The second-order valence-electron chi connectivity index (χ2n) is 6.98. The van der Waals surface area contributed by atoms with Crippen LogP contribution in [0.25, 0.3) is 0 Å². The van der Waals surface area contributed by atoms with E-state index >= 15 is 0 Å². The summed E-state index contributed by atoms with van der Waals surface area (Å²) < 4.78 is 46.6. The number of ether oxygens (including phenoxy) is 2. The van der Waals surface area contributed by atoms with Crippen LogP contribution in [0.15, 0.2) is 18.2 Å². The van der Waals surface area contributed by atoms with Gasteiger partial charge in [0.25, 0.3) is 0 Å². The lowest BCUT2D eigenvalue weighted by molar-refractivity contribution is -0.274. The lowest BCUT2D eigenvalue weighted by Crippen LogP contribution is -2.41. The number of amides is 1. The van der Waals surface area contributed by atoms with Crippen LogP contribution < -0.4 is 4.74 Å². The minimum atomic E-state index is -4.79. The van der Waals surface area contributed by atoms with Crippen LogP contribution in [0.5, 0.6) is 5.75 Å². The van der Waals surface area contributed by atoms with Crippen LogP contribution in [-0.2, 0) is 4.74 Å². The fourth-order valence-corrected chi connectivity index (χ4v) is 2.85. The summed E-state index contributed by atoms with van der Waals surface area (Å²) in [7, 11) is 0. The Morgan fingerprint density at radius 1 is 1.20 bits per heavy atom. The fraction of sp³-hybridized carbons (Fsp3) is 0.588. The number of rotatable bonds is 2. The van der Waals surface area contributed by atoms with Crippen molar-refractivity contribution >= 4 is 17.7 Å². The van der Waals surface area contributed by atoms with E-state index in [1.807, 2.05) is 0 Å². The van der Waals surface area contributed by atoms with Crippen LogP contribution in [0, 0.1) is 0 Å². The van der Waals surface area contributed by atoms with Gasteiger partial charge in [-0.05, 0) is 57.2 Å². The minimum absolute atomic E-state index is 0.0338. The van der Waals surface area contributed by atoms with Gasteiger partial charge in [-0.2, -0.15) is 0 Å². The molecule has 1 aromatic rings. The van der Waals surface area contributed by atoms with Crippen LogP contribution in [-0.4, -0.2) is 36.0 Å². The summed E-state index contributed by atoms with van der Waals surface area (Å²) in [4.78, 5) is 13.7. The molecule has 1 fully saturated rings. The van der Waals surface area contributed by atoms with Crippen molar-refractivity contribution in [2.24, 2.45) is 0 Å². The Morgan fingerprint density at radius 2 is 1.80 bits per heavy atom. The number of carbonyl (C=O) groups is 1. The largest absolute Gasteiger partial charge is 0.573 e. The maximum absolute atomic E-state index is 12.4. The van der Waals surface area contributed by atoms with Crippen molar-refractivity contribution in [1.29, 1.82) is 0 Å². The third-order valence-corrected chi connectivity index (χ3v) is 4.11. The first-order valence-corrected chi connectivity index (χ1v) is 8.35. The highest BCUT2D eigenvalue weighted by atomic mass is 35.5. The molecule has 1 aromatic carbocycles. The summed E-state index contributed by atoms with van der Waals surface area (Å²) in [6, 6.07) is 4.42. The second-order valence-corrected chi connectivity index (χ2v) is 7.39. The second kappa shape index (κ2) is 7.32. The molecule has 0 atom stereocenters. The molecule has 0 aromatic heterocycles. The zero-order chi connectivity index (χ0) is 18.8. The molecule has 4 nitrogen and oxygen atoms in total. The summed E-state index contributed by atoms with van der Waals surface area (Å²) >= 11 is 5.77. The van der Waals surface area contributed by atoms with Crippen molar-refractivity contribution in [3.63, 3.8) is 0 Å². The molecule has 0 aliphatic carbocycles. The van der Waals surface area contributed by atoms with Crippen LogP contribution in [0.1, 0.15) is 45.1 Å². The number of nitrogens with zero attached hydrogens (tertiary/aromatic N) is 1. The molecule has 0 spiro atoms. The summed E-state index contributed by atoms with van der Waals surface area (Å²) in [5.41, 5.74) is 0.154. The van der Waals surface area contributed by atoms with Crippen LogP contribution in [0.2, 0.25) is 5.02 Å². The minimum Gasteiger partial charge on any atom is -0.444 e. The number of benzene rings is 1. The number of hydrogen-bond acceptors (Lipinski definition) is 3. The topological polar surface area (TPSA) is 38.8 Å². The highest BCUT2D eigenvalue weighted by Gasteiger charge is 2.33. The lowest BCUT2D eigenvalue weighted by Gasteiger charge is -2.33. The average Bonchev–Trinajstić information content (AvgIpc) is 2.46. The molecule has 1 saturated heterocycles. The molecule has 2 rings (SSSR count). The van der Waals surface area contributed by atoms with Crippen LogP contribution >= 0.6 is 11.6 Å². The normalized spacial score (nSPS) is 16.7. The molecule has 0 N–H and O–H groups in total. The Hall–Kier alpha value is -1.63. The van der Waals surface area contributed by atoms with Gasteiger partial charge in [-0.15, -0.1) is 13.2 Å². The maximum atomic E-state index is 12.4. The van der Waals surface area contributed by atoms with Gasteiger partial charge in [0.1, 0.15) is 11.4 Å². The molecular weight excluding hydrogens is 359 g/mol. The van der Waals surface area contributed by atoms with E-state index in [1.165, 1.54) is 12.1 Å². The van der Waals surface area contributed by atoms with E-state index in [9.17, 15) is 18.0 Å². The molecule has 1 amide bonds. The van der Waals surface area contributed by atoms with Gasteiger partial charge in [0, 0.05) is 13.1 Å². The molecule has 140 valence electrons. The zero-order valence-electron chi connectivity index (χ0n) is 14.3. The molecule has 1 aliphatic rings. The van der Waals surface area contributed by atoms with E-state index in [4.69, 9.17) is 16.3 Å². The molecule has 8 heteroatoms. The zero-order valence-corrected chi connectivity index (χ0v) is 15.1. The Bertz CT molecular complexity index is 621. The van der Waals surface area contributed by atoms with E-state index in [1.54, 1.807) is 31.7 Å². The van der Waals surface area contributed by atoms with Gasteiger partial charge in [0.15, 0.2) is 0 Å². The monoisotopic (exact) mass is 379 g/mol. The van der Waals surface area contributed by atoms with Crippen molar-refractivity contribution in [3.8, 4) is 5.75 Å². The quantitative estimate of drug-likeness (QED) is 0.695. The van der Waals surface area contributed by atoms with E-state index in [2.05, 4.69) is 4.74 Å². The highest BCUT2D eigenvalue weighted by molar-refractivity contribution is 6.32. The Morgan fingerprint density at radius 3 is 2.32 bits per heavy atom. The summed E-state index contributed by atoms with van der Waals surface area (Å²) in [5.74, 6) is -0.368. The summed E-state index contributed by atoms with van der Waals surface area (Å²) in [6.07, 6.45) is -3.90. The first kappa shape index (κ1) is 19.7. The van der Waals surface area contributed by atoms with Crippen LogP contribution in [0.4, 0.5) is 18.0 Å². The number of piperidine rings is 1. The van der Waals surface area contributed by atoms with Crippen LogP contribution in [0.3, 0.4) is 0 Å². The van der Waals surface area contributed by atoms with Crippen molar-refractivity contribution in [2.45, 2.75) is 51.5 Å². The number of likely N-dealkylation sites (tertiary alicyclic amines) is 1. The molecule has 0 unspecified atom stereocenters. The Balaban J connectivity index is 2.01. The van der Waals surface area contributed by atoms with Gasteiger partial charge in [-0.25, -0.2) is 4.79 Å². The standard InChI is InChI=1S/C17H21ClF3NO3/c1-16(2,3)25-15(23)22-8-6-11(7-9-22)12-4-5-13(18)14(10-12)24-17(19,20)21/h4-5,10-11H,6-9H2,1-3H3. The van der Waals surface area contributed by atoms with E-state index in [-0.39, 0.29) is 17.0 Å². The highest BCUT2D eigenvalue weighted by Crippen LogP contribution is 2.36. The van der Waals surface area contributed by atoms with Crippen molar-refractivity contribution in [1.82, 2.24) is 4.90 Å². The van der Waals surface area contributed by atoms with Gasteiger partial charge in [0.05, 0.1) is 5.02 Å². The van der Waals surface area contributed by atoms with Gasteiger partial charge < -0.3 is 14.4 Å². The number of halogens is 4. The molecule has 25 heavy (non-hydrogen) atoms. The third-order valence-electron chi connectivity index (χ3n) is 3.80. The van der Waals surface area contributed by atoms with Gasteiger partial charge in [0.2, 0.25) is 0 Å². The Labute approximate surface area is 149 Å². The third kappa shape index (κ3) is 5.99. The van der Waals surface area contributed by atoms with E-state index in [0.717, 1.165) is 0 Å². The Kier molecular flexibility index (Phi) is 5.76. The van der Waals surface area contributed by atoms with Gasteiger partial charge in [-0.1, -0.05) is 17.7 Å². The molecular formula is C17H21ClF3NO3. The molecule has 0 saturated carbocycles. The summed E-state index contributed by atoms with van der Waals surface area (Å²) in [5, 5.41) is -0.0905. The average molecular weight is 380 g/mol.